The van der Waals surface area contributed by atoms with Gasteiger partial charge in [0.25, 0.3) is 5.91 Å². The van der Waals surface area contributed by atoms with Crippen LogP contribution in [0.5, 0.6) is 0 Å². The van der Waals surface area contributed by atoms with Crippen LogP contribution in [0.25, 0.3) is 0 Å². The maximum Gasteiger partial charge on any atom is 0.268 e. The fourth-order valence-corrected chi connectivity index (χ4v) is 4.55. The van der Waals surface area contributed by atoms with Crippen LogP contribution in [0.4, 0.5) is 0 Å². The van der Waals surface area contributed by atoms with Gasteiger partial charge >= 0.3 is 0 Å². The van der Waals surface area contributed by atoms with Gasteiger partial charge in [0.05, 0.1) is 5.69 Å². The predicted octanol–water partition coefficient (Wildman–Crippen LogP) is 2.80. The molecule has 0 unspecified atom stereocenters. The van der Waals surface area contributed by atoms with Crippen LogP contribution < -0.4 is 0 Å². The lowest BCUT2D eigenvalue weighted by atomic mass is 10.2. The highest BCUT2D eigenvalue weighted by molar-refractivity contribution is 7.99. The zero-order chi connectivity index (χ0) is 12.5. The topological polar surface area (TPSA) is 46.1 Å². The lowest BCUT2D eigenvalue weighted by Crippen LogP contribution is -2.30. The highest BCUT2D eigenvalue weighted by atomic mass is 32.2. The van der Waals surface area contributed by atoms with E-state index >= 15 is 0 Å². The highest BCUT2D eigenvalue weighted by Crippen LogP contribution is 2.39. The van der Waals surface area contributed by atoms with E-state index in [1.54, 1.807) is 11.3 Å². The number of nitrogens with zero attached hydrogens (tertiary/aromatic N) is 3. The molecule has 0 spiro atoms. The van der Waals surface area contributed by atoms with Crippen molar-refractivity contribution in [2.24, 2.45) is 0 Å². The molecule has 0 N–H and O–H groups in total. The highest BCUT2D eigenvalue weighted by Gasteiger charge is 2.33. The third-order valence-corrected chi connectivity index (χ3v) is 5.60. The van der Waals surface area contributed by atoms with Crippen molar-refractivity contribution >= 4 is 40.5 Å². The molecule has 0 radical (unpaired) electrons. The summed E-state index contributed by atoms with van der Waals surface area (Å²) in [6, 6.07) is 2.09. The first kappa shape index (κ1) is 12.1. The Morgan fingerprint density at radius 1 is 1.56 bits per heavy atom. The number of thioether (sulfide) groups is 1. The zero-order valence-electron chi connectivity index (χ0n) is 9.70. The lowest BCUT2D eigenvalue weighted by Gasteiger charge is -2.22. The Morgan fingerprint density at radius 2 is 2.44 bits per heavy atom. The lowest BCUT2D eigenvalue weighted by molar-refractivity contribution is 0.0764. The van der Waals surface area contributed by atoms with E-state index in [1.165, 1.54) is 17.1 Å². The van der Waals surface area contributed by atoms with Gasteiger partial charge in [0.1, 0.15) is 10.3 Å². The van der Waals surface area contributed by atoms with Crippen LogP contribution in [0.15, 0.2) is 16.8 Å². The largest absolute Gasteiger partial charge is 0.321 e. The van der Waals surface area contributed by atoms with E-state index in [0.717, 1.165) is 18.0 Å². The molecule has 7 heteroatoms. The Morgan fingerprint density at radius 3 is 3.11 bits per heavy atom. The van der Waals surface area contributed by atoms with E-state index in [9.17, 15) is 4.79 Å². The van der Waals surface area contributed by atoms with Crippen LogP contribution in [0, 0.1) is 6.92 Å². The molecule has 18 heavy (non-hydrogen) atoms. The van der Waals surface area contributed by atoms with Crippen LogP contribution in [0.2, 0.25) is 0 Å². The van der Waals surface area contributed by atoms with Crippen LogP contribution in [0.1, 0.15) is 26.3 Å². The summed E-state index contributed by atoms with van der Waals surface area (Å²) in [4.78, 5) is 15.1. The molecule has 94 valence electrons. The van der Waals surface area contributed by atoms with E-state index in [4.69, 9.17) is 0 Å². The quantitative estimate of drug-likeness (QED) is 0.855. The summed E-state index contributed by atoms with van der Waals surface area (Å²) in [7, 11) is 0. The van der Waals surface area contributed by atoms with Gasteiger partial charge in [0.2, 0.25) is 0 Å². The molecule has 0 aromatic carbocycles. The van der Waals surface area contributed by atoms with Crippen LogP contribution in [0.3, 0.4) is 0 Å². The molecule has 2 aromatic heterocycles. The Kier molecular flexibility index (Phi) is 3.36. The van der Waals surface area contributed by atoms with Crippen molar-refractivity contribution < 1.29 is 4.79 Å². The molecule has 1 atom stereocenters. The second-order valence-electron chi connectivity index (χ2n) is 3.97. The maximum atomic E-state index is 12.5. The Bertz CT molecular complexity index is 552. The molecule has 0 saturated carbocycles. The van der Waals surface area contributed by atoms with Crippen molar-refractivity contribution in [2.45, 2.75) is 12.3 Å². The van der Waals surface area contributed by atoms with Gasteiger partial charge in [0.15, 0.2) is 0 Å². The van der Waals surface area contributed by atoms with Gasteiger partial charge in [-0.1, -0.05) is 4.49 Å². The second-order valence-corrected chi connectivity index (χ2v) is 6.69. The molecule has 0 aliphatic carbocycles. The smallest absolute Gasteiger partial charge is 0.268 e. The SMILES string of the molecule is Cc1nnsc1C(=O)N1CCS[C@@H]1c1ccsc1. The number of carbonyl (C=O) groups excluding carboxylic acids is 1. The zero-order valence-corrected chi connectivity index (χ0v) is 12.1. The molecular formula is C11H11N3OS3. The van der Waals surface area contributed by atoms with E-state index in [-0.39, 0.29) is 11.3 Å². The van der Waals surface area contributed by atoms with Crippen molar-refractivity contribution in [2.75, 3.05) is 12.3 Å². The van der Waals surface area contributed by atoms with Crippen molar-refractivity contribution in [3.63, 3.8) is 0 Å². The van der Waals surface area contributed by atoms with Gasteiger partial charge in [-0.15, -0.1) is 16.9 Å². The number of aryl methyl sites for hydroxylation is 1. The molecule has 1 aliphatic heterocycles. The van der Waals surface area contributed by atoms with E-state index < -0.39 is 0 Å². The van der Waals surface area contributed by atoms with Crippen molar-refractivity contribution in [3.05, 3.63) is 33.0 Å². The van der Waals surface area contributed by atoms with Crippen molar-refractivity contribution in [3.8, 4) is 0 Å². The fourth-order valence-electron chi connectivity index (χ4n) is 1.93. The number of aromatic nitrogens is 2. The number of amides is 1. The molecule has 0 bridgehead atoms. The van der Waals surface area contributed by atoms with Gasteiger partial charge in [-0.2, -0.15) is 11.3 Å². The standard InChI is InChI=1S/C11H11N3OS3/c1-7-9(18-13-12-7)10(15)14-3-5-17-11(14)8-2-4-16-6-8/h2,4,6,11H,3,5H2,1H3/t11-/m1/s1. The van der Waals surface area contributed by atoms with Gasteiger partial charge in [-0.05, 0) is 40.8 Å². The van der Waals surface area contributed by atoms with Crippen LogP contribution in [-0.2, 0) is 0 Å². The average molecular weight is 297 g/mol. The van der Waals surface area contributed by atoms with E-state index in [0.29, 0.717) is 4.88 Å². The Labute approximate surface area is 117 Å². The van der Waals surface area contributed by atoms with Gasteiger partial charge in [0, 0.05) is 12.3 Å². The molecule has 3 heterocycles. The minimum absolute atomic E-state index is 0.0590. The molecule has 1 aliphatic rings. The first-order chi connectivity index (χ1) is 8.77. The summed E-state index contributed by atoms with van der Waals surface area (Å²) >= 11 is 4.67. The first-order valence-corrected chi connectivity index (χ1v) is 8.27. The van der Waals surface area contributed by atoms with Gasteiger partial charge < -0.3 is 4.90 Å². The van der Waals surface area contributed by atoms with Crippen molar-refractivity contribution in [1.29, 1.82) is 0 Å². The molecule has 1 fully saturated rings. The summed E-state index contributed by atoms with van der Waals surface area (Å²) in [6.07, 6.45) is 0. The average Bonchev–Trinajstić information content (AvgIpc) is 3.09. The minimum Gasteiger partial charge on any atom is -0.321 e. The summed E-state index contributed by atoms with van der Waals surface area (Å²) in [5.41, 5.74) is 1.94. The monoisotopic (exact) mass is 297 g/mol. The van der Waals surface area contributed by atoms with E-state index in [2.05, 4.69) is 26.4 Å². The number of hydrogen-bond acceptors (Lipinski definition) is 6. The molecule has 3 rings (SSSR count). The number of thiophene rings is 1. The third kappa shape index (κ3) is 2.06. The second kappa shape index (κ2) is 4.99. The van der Waals surface area contributed by atoms with E-state index in [1.807, 2.05) is 23.6 Å². The third-order valence-electron chi connectivity index (χ3n) is 2.83. The maximum absolute atomic E-state index is 12.5. The van der Waals surface area contributed by atoms with Crippen LogP contribution >= 0.6 is 34.6 Å². The van der Waals surface area contributed by atoms with Crippen LogP contribution in [-0.4, -0.2) is 32.7 Å². The summed E-state index contributed by atoms with van der Waals surface area (Å²) in [5, 5.41) is 8.22. The summed E-state index contributed by atoms with van der Waals surface area (Å²) in [5.74, 6) is 1.04. The van der Waals surface area contributed by atoms with Crippen molar-refractivity contribution in [1.82, 2.24) is 14.5 Å². The Balaban J connectivity index is 1.88. The number of rotatable bonds is 2. The fraction of sp³-hybridized carbons (Fsp3) is 0.364. The van der Waals surface area contributed by atoms with Gasteiger partial charge in [-0.25, -0.2) is 0 Å². The summed E-state index contributed by atoms with van der Waals surface area (Å²) in [6.45, 7) is 2.63. The number of carbonyl (C=O) groups is 1. The Hall–Kier alpha value is -0.920. The molecule has 2 aromatic rings. The first-order valence-electron chi connectivity index (χ1n) is 5.51. The summed E-state index contributed by atoms with van der Waals surface area (Å²) < 4.78 is 3.84. The minimum atomic E-state index is 0.0590. The molecule has 1 saturated heterocycles. The molecule has 1 amide bonds. The van der Waals surface area contributed by atoms with Gasteiger partial charge in [-0.3, -0.25) is 4.79 Å². The molecular weight excluding hydrogens is 286 g/mol. The normalized spacial score (nSPS) is 19.4. The molecule has 4 nitrogen and oxygen atoms in total. The predicted molar refractivity (Wildman–Crippen MR) is 75.2 cm³/mol. The number of hydrogen-bond donors (Lipinski definition) is 0.